The van der Waals surface area contributed by atoms with Gasteiger partial charge in [-0.25, -0.2) is 13.1 Å². The number of hydrogen-bond donors (Lipinski definition) is 2. The van der Waals surface area contributed by atoms with E-state index in [-0.39, 0.29) is 10.6 Å². The van der Waals surface area contributed by atoms with Gasteiger partial charge in [0.05, 0.1) is 4.92 Å². The fraction of sp³-hybridized carbons (Fsp3) is 0.143. The van der Waals surface area contributed by atoms with E-state index in [1.165, 1.54) is 25.2 Å². The number of rotatable bonds is 6. The molecule has 0 aliphatic carbocycles. The van der Waals surface area contributed by atoms with Crippen molar-refractivity contribution in [1.82, 2.24) is 4.72 Å². The fourth-order valence-electron chi connectivity index (χ4n) is 1.97. The Morgan fingerprint density at radius 1 is 1.09 bits per heavy atom. The molecule has 0 amide bonds. The molecule has 2 N–H and O–H groups in total. The van der Waals surface area contributed by atoms with Gasteiger partial charge in [-0.15, -0.1) is 0 Å². The van der Waals surface area contributed by atoms with Crippen molar-refractivity contribution in [3.05, 3.63) is 64.2 Å². The van der Waals surface area contributed by atoms with E-state index in [1.807, 2.05) is 30.3 Å². The number of nitro groups is 1. The van der Waals surface area contributed by atoms with Gasteiger partial charge in [0.15, 0.2) is 4.90 Å². The van der Waals surface area contributed by atoms with Crippen LogP contribution in [0, 0.1) is 10.1 Å². The number of nitrogens with one attached hydrogen (secondary N) is 2. The van der Waals surface area contributed by atoms with Gasteiger partial charge < -0.3 is 5.32 Å². The third kappa shape index (κ3) is 3.41. The van der Waals surface area contributed by atoms with Crippen LogP contribution in [-0.4, -0.2) is 20.4 Å². The lowest BCUT2D eigenvalue weighted by Crippen LogP contribution is -2.20. The van der Waals surface area contributed by atoms with Gasteiger partial charge >= 0.3 is 5.69 Å². The van der Waals surface area contributed by atoms with Crippen LogP contribution in [0.15, 0.2) is 53.4 Å². The predicted octanol–water partition coefficient (Wildman–Crippen LogP) is 2.11. The molecule has 2 aromatic carbocycles. The van der Waals surface area contributed by atoms with E-state index < -0.39 is 20.6 Å². The molecule has 0 spiro atoms. The summed E-state index contributed by atoms with van der Waals surface area (Å²) in [6.07, 6.45) is 0. The van der Waals surface area contributed by atoms with Crippen LogP contribution in [-0.2, 0) is 16.6 Å². The SMILES string of the molecule is CNS(=O)(=O)c1cccc(NCc2ccccc2)c1[N+](=O)[O-]. The Bertz CT molecular complexity index is 776. The number of benzene rings is 2. The summed E-state index contributed by atoms with van der Waals surface area (Å²) >= 11 is 0. The second-order valence-electron chi connectivity index (χ2n) is 4.46. The first kappa shape index (κ1) is 15.9. The first-order valence-electron chi connectivity index (χ1n) is 6.44. The molecular weight excluding hydrogens is 306 g/mol. The summed E-state index contributed by atoms with van der Waals surface area (Å²) in [4.78, 5) is 10.2. The van der Waals surface area contributed by atoms with Crippen molar-refractivity contribution in [3.63, 3.8) is 0 Å². The number of nitrogens with zero attached hydrogens (tertiary/aromatic N) is 1. The highest BCUT2D eigenvalue weighted by Crippen LogP contribution is 2.32. The second kappa shape index (κ2) is 6.54. The van der Waals surface area contributed by atoms with Crippen LogP contribution >= 0.6 is 0 Å². The van der Waals surface area contributed by atoms with Gasteiger partial charge in [0.25, 0.3) is 0 Å². The summed E-state index contributed by atoms with van der Waals surface area (Å²) in [6, 6.07) is 13.5. The number of para-hydroxylation sites is 1. The van der Waals surface area contributed by atoms with E-state index in [2.05, 4.69) is 10.0 Å². The number of anilines is 1. The van der Waals surface area contributed by atoms with Crippen LogP contribution in [0.25, 0.3) is 0 Å². The third-order valence-electron chi connectivity index (χ3n) is 3.07. The minimum Gasteiger partial charge on any atom is -0.375 e. The maximum absolute atomic E-state index is 11.9. The van der Waals surface area contributed by atoms with Gasteiger partial charge in [0, 0.05) is 6.54 Å². The third-order valence-corrected chi connectivity index (χ3v) is 4.51. The lowest BCUT2D eigenvalue weighted by Gasteiger charge is -2.10. The normalized spacial score (nSPS) is 11.1. The largest absolute Gasteiger partial charge is 0.375 e. The molecule has 0 saturated heterocycles. The van der Waals surface area contributed by atoms with E-state index in [4.69, 9.17) is 0 Å². The molecule has 0 unspecified atom stereocenters. The number of sulfonamides is 1. The highest BCUT2D eigenvalue weighted by atomic mass is 32.2. The lowest BCUT2D eigenvalue weighted by molar-refractivity contribution is -0.386. The summed E-state index contributed by atoms with van der Waals surface area (Å²) in [5, 5.41) is 14.2. The van der Waals surface area contributed by atoms with Crippen LogP contribution in [0.1, 0.15) is 5.56 Å². The zero-order valence-electron chi connectivity index (χ0n) is 11.8. The molecule has 0 aromatic heterocycles. The summed E-state index contributed by atoms with van der Waals surface area (Å²) in [5.41, 5.74) is 0.622. The highest BCUT2D eigenvalue weighted by molar-refractivity contribution is 7.89. The Morgan fingerprint density at radius 3 is 2.36 bits per heavy atom. The second-order valence-corrected chi connectivity index (χ2v) is 6.31. The molecule has 0 radical (unpaired) electrons. The Morgan fingerprint density at radius 2 is 1.77 bits per heavy atom. The first-order valence-corrected chi connectivity index (χ1v) is 7.93. The average molecular weight is 321 g/mol. The predicted molar refractivity (Wildman–Crippen MR) is 83.1 cm³/mol. The molecule has 0 saturated carbocycles. The molecule has 0 bridgehead atoms. The molecule has 116 valence electrons. The molecule has 8 heteroatoms. The minimum atomic E-state index is -3.91. The first-order chi connectivity index (χ1) is 10.5. The van der Waals surface area contributed by atoms with Crippen molar-refractivity contribution in [2.75, 3.05) is 12.4 Å². The van der Waals surface area contributed by atoms with Crippen molar-refractivity contribution in [1.29, 1.82) is 0 Å². The Balaban J connectivity index is 2.40. The minimum absolute atomic E-state index is 0.158. The van der Waals surface area contributed by atoms with E-state index in [0.717, 1.165) is 5.56 Å². The van der Waals surface area contributed by atoms with Gasteiger partial charge in [0.1, 0.15) is 5.69 Å². The van der Waals surface area contributed by atoms with Crippen molar-refractivity contribution < 1.29 is 13.3 Å². The summed E-state index contributed by atoms with van der Waals surface area (Å²) in [6.45, 7) is 0.352. The van der Waals surface area contributed by atoms with Crippen molar-refractivity contribution >= 4 is 21.4 Å². The lowest BCUT2D eigenvalue weighted by atomic mass is 10.2. The zero-order chi connectivity index (χ0) is 16.2. The smallest absolute Gasteiger partial charge is 0.312 e. The van der Waals surface area contributed by atoms with E-state index >= 15 is 0 Å². The van der Waals surface area contributed by atoms with Gasteiger partial charge in [0.2, 0.25) is 10.0 Å². The maximum Gasteiger partial charge on any atom is 0.312 e. The van der Waals surface area contributed by atoms with Crippen LogP contribution in [0.4, 0.5) is 11.4 Å². The van der Waals surface area contributed by atoms with Crippen LogP contribution in [0.3, 0.4) is 0 Å². The summed E-state index contributed by atoms with van der Waals surface area (Å²) in [5.74, 6) is 0. The van der Waals surface area contributed by atoms with E-state index in [9.17, 15) is 18.5 Å². The Labute approximate surface area is 128 Å². The highest BCUT2D eigenvalue weighted by Gasteiger charge is 2.27. The molecule has 22 heavy (non-hydrogen) atoms. The Kier molecular flexibility index (Phi) is 4.74. The molecule has 0 atom stereocenters. The maximum atomic E-state index is 11.9. The zero-order valence-corrected chi connectivity index (χ0v) is 12.6. The summed E-state index contributed by atoms with van der Waals surface area (Å²) in [7, 11) is -2.70. The van der Waals surface area contributed by atoms with Crippen molar-refractivity contribution in [2.24, 2.45) is 0 Å². The fourth-order valence-corrected chi connectivity index (χ4v) is 2.89. The van der Waals surface area contributed by atoms with Crippen molar-refractivity contribution in [2.45, 2.75) is 11.4 Å². The molecule has 0 aliphatic rings. The molecule has 2 rings (SSSR count). The number of hydrogen-bond acceptors (Lipinski definition) is 5. The van der Waals surface area contributed by atoms with Crippen LogP contribution < -0.4 is 10.0 Å². The molecule has 0 aliphatic heterocycles. The Hall–Kier alpha value is -2.45. The van der Waals surface area contributed by atoms with Gasteiger partial charge in [-0.3, -0.25) is 10.1 Å². The van der Waals surface area contributed by atoms with Gasteiger partial charge in [-0.1, -0.05) is 36.4 Å². The molecule has 2 aromatic rings. The van der Waals surface area contributed by atoms with Gasteiger partial charge in [-0.05, 0) is 24.7 Å². The molecule has 7 nitrogen and oxygen atoms in total. The molecule has 0 fully saturated rings. The topological polar surface area (TPSA) is 101 Å². The van der Waals surface area contributed by atoms with E-state index in [0.29, 0.717) is 6.54 Å². The van der Waals surface area contributed by atoms with Crippen molar-refractivity contribution in [3.8, 4) is 0 Å². The standard InChI is InChI=1S/C14H15N3O4S/c1-15-22(20,21)13-9-5-8-12(14(13)17(18)19)16-10-11-6-3-2-4-7-11/h2-9,15-16H,10H2,1H3. The average Bonchev–Trinajstić information content (AvgIpc) is 2.53. The molecular formula is C14H15N3O4S. The quantitative estimate of drug-likeness (QED) is 0.627. The monoisotopic (exact) mass is 321 g/mol. The van der Waals surface area contributed by atoms with Crippen LogP contribution in [0.5, 0.6) is 0 Å². The van der Waals surface area contributed by atoms with Gasteiger partial charge in [-0.2, -0.15) is 0 Å². The molecule has 0 heterocycles. The summed E-state index contributed by atoms with van der Waals surface area (Å²) < 4.78 is 25.9. The van der Waals surface area contributed by atoms with Crippen LogP contribution in [0.2, 0.25) is 0 Å². The van der Waals surface area contributed by atoms with E-state index in [1.54, 1.807) is 0 Å². The number of nitro benzene ring substituents is 1.